The minimum absolute atomic E-state index is 0.0145. The monoisotopic (exact) mass is 373 g/mol. The molecule has 2 heterocycles. The fourth-order valence-electron chi connectivity index (χ4n) is 3.10. The van der Waals surface area contributed by atoms with E-state index in [9.17, 15) is 9.59 Å². The van der Waals surface area contributed by atoms with Crippen LogP contribution in [0.25, 0.3) is 0 Å². The van der Waals surface area contributed by atoms with Crippen molar-refractivity contribution in [3.8, 4) is 6.07 Å². The standard InChI is InChI=1S/C21H15N3O2S/c22-13-14-3-5-16(6-4-14)20(25)23-17-8-7-15-9-10-24(18(15)12-17)21(26)19-2-1-11-27-19/h1-8,11-12H,9-10H2,(H,23,25). The molecular formula is C21H15N3O2S. The number of nitrogens with zero attached hydrogens (tertiary/aromatic N) is 2. The Bertz CT molecular complexity index is 1050. The van der Waals surface area contributed by atoms with Crippen LogP contribution in [0.15, 0.2) is 60.0 Å². The van der Waals surface area contributed by atoms with Gasteiger partial charge in [0.2, 0.25) is 0 Å². The van der Waals surface area contributed by atoms with Crippen LogP contribution in [0.3, 0.4) is 0 Å². The number of carbonyl (C=O) groups excluding carboxylic acids is 2. The molecule has 4 rings (SSSR count). The van der Waals surface area contributed by atoms with Crippen molar-refractivity contribution in [1.82, 2.24) is 0 Å². The summed E-state index contributed by atoms with van der Waals surface area (Å²) in [7, 11) is 0. The number of rotatable bonds is 3. The molecular weight excluding hydrogens is 358 g/mol. The first kappa shape index (κ1) is 17.0. The number of anilines is 2. The summed E-state index contributed by atoms with van der Waals surface area (Å²) in [5.41, 5.74) is 3.55. The number of benzene rings is 2. The number of amides is 2. The van der Waals surface area contributed by atoms with E-state index in [1.165, 1.54) is 11.3 Å². The number of nitrogens with one attached hydrogen (secondary N) is 1. The molecule has 0 spiro atoms. The molecule has 0 saturated carbocycles. The van der Waals surface area contributed by atoms with E-state index in [1.54, 1.807) is 29.2 Å². The first-order chi connectivity index (χ1) is 13.2. The second-order valence-electron chi connectivity index (χ2n) is 6.17. The Kier molecular flexibility index (Phi) is 4.45. The van der Waals surface area contributed by atoms with Gasteiger partial charge in [-0.1, -0.05) is 12.1 Å². The van der Waals surface area contributed by atoms with Crippen LogP contribution < -0.4 is 10.2 Å². The van der Waals surface area contributed by atoms with E-state index in [-0.39, 0.29) is 11.8 Å². The zero-order chi connectivity index (χ0) is 18.8. The smallest absolute Gasteiger partial charge is 0.268 e. The highest BCUT2D eigenvalue weighted by Crippen LogP contribution is 2.32. The second kappa shape index (κ2) is 7.06. The normalized spacial score (nSPS) is 12.3. The summed E-state index contributed by atoms with van der Waals surface area (Å²) in [4.78, 5) is 27.6. The van der Waals surface area contributed by atoms with Gasteiger partial charge in [0.1, 0.15) is 0 Å². The number of carbonyl (C=O) groups is 2. The van der Waals surface area contributed by atoms with E-state index in [0.29, 0.717) is 28.2 Å². The maximum absolute atomic E-state index is 12.7. The zero-order valence-corrected chi connectivity index (χ0v) is 15.1. The van der Waals surface area contributed by atoms with Crippen molar-refractivity contribution in [3.63, 3.8) is 0 Å². The Morgan fingerprint density at radius 3 is 2.63 bits per heavy atom. The summed E-state index contributed by atoms with van der Waals surface area (Å²) < 4.78 is 0. The van der Waals surface area contributed by atoms with Gasteiger partial charge in [-0.2, -0.15) is 5.26 Å². The number of fused-ring (bicyclic) bond motifs is 1. The molecule has 132 valence electrons. The zero-order valence-electron chi connectivity index (χ0n) is 14.3. The molecule has 1 aliphatic rings. The van der Waals surface area contributed by atoms with Gasteiger partial charge in [0, 0.05) is 23.5 Å². The summed E-state index contributed by atoms with van der Waals surface area (Å²) in [6.07, 6.45) is 0.802. The molecule has 2 amide bonds. The Morgan fingerprint density at radius 2 is 1.93 bits per heavy atom. The molecule has 0 radical (unpaired) electrons. The van der Waals surface area contributed by atoms with Crippen LogP contribution >= 0.6 is 11.3 Å². The average Bonchev–Trinajstić information content (AvgIpc) is 3.37. The molecule has 0 saturated heterocycles. The number of thiophene rings is 1. The van der Waals surface area contributed by atoms with E-state index in [0.717, 1.165) is 17.7 Å². The number of nitriles is 1. The van der Waals surface area contributed by atoms with Crippen LogP contribution in [0.2, 0.25) is 0 Å². The molecule has 0 unspecified atom stereocenters. The lowest BCUT2D eigenvalue weighted by molar-refractivity contribution is 0.0991. The Balaban J connectivity index is 1.55. The van der Waals surface area contributed by atoms with Gasteiger partial charge in [-0.25, -0.2) is 0 Å². The molecule has 3 aromatic rings. The highest BCUT2D eigenvalue weighted by molar-refractivity contribution is 7.12. The van der Waals surface area contributed by atoms with Gasteiger partial charge >= 0.3 is 0 Å². The third kappa shape index (κ3) is 3.33. The lowest BCUT2D eigenvalue weighted by Crippen LogP contribution is -2.28. The quantitative estimate of drug-likeness (QED) is 0.752. The molecule has 0 bridgehead atoms. The summed E-state index contributed by atoms with van der Waals surface area (Å²) in [5, 5.41) is 13.6. The number of hydrogen-bond acceptors (Lipinski definition) is 4. The van der Waals surface area contributed by atoms with Gasteiger partial charge < -0.3 is 10.2 Å². The molecule has 1 aromatic heterocycles. The fourth-order valence-corrected chi connectivity index (χ4v) is 3.77. The van der Waals surface area contributed by atoms with E-state index in [1.807, 2.05) is 41.8 Å². The van der Waals surface area contributed by atoms with Crippen LogP contribution in [-0.2, 0) is 6.42 Å². The fraction of sp³-hybridized carbons (Fsp3) is 0.0952. The van der Waals surface area contributed by atoms with Crippen LogP contribution in [0, 0.1) is 11.3 Å². The van der Waals surface area contributed by atoms with E-state index >= 15 is 0 Å². The van der Waals surface area contributed by atoms with Gasteiger partial charge in [-0.05, 0) is 59.8 Å². The minimum Gasteiger partial charge on any atom is -0.322 e. The van der Waals surface area contributed by atoms with Crippen LogP contribution in [0.1, 0.15) is 31.2 Å². The molecule has 2 aromatic carbocycles. The Labute approximate surface area is 160 Å². The third-order valence-corrected chi connectivity index (χ3v) is 5.35. The lowest BCUT2D eigenvalue weighted by atomic mass is 10.1. The van der Waals surface area contributed by atoms with Crippen molar-refractivity contribution < 1.29 is 9.59 Å². The number of hydrogen-bond donors (Lipinski definition) is 1. The molecule has 1 N–H and O–H groups in total. The summed E-state index contributed by atoms with van der Waals surface area (Å²) in [6.45, 7) is 0.638. The molecule has 0 fully saturated rings. The Hall–Kier alpha value is -3.43. The first-order valence-electron chi connectivity index (χ1n) is 8.45. The van der Waals surface area contributed by atoms with E-state index in [4.69, 9.17) is 5.26 Å². The highest BCUT2D eigenvalue weighted by Gasteiger charge is 2.26. The van der Waals surface area contributed by atoms with Crippen molar-refractivity contribution in [1.29, 1.82) is 5.26 Å². The van der Waals surface area contributed by atoms with E-state index < -0.39 is 0 Å². The molecule has 27 heavy (non-hydrogen) atoms. The van der Waals surface area contributed by atoms with Gasteiger partial charge in [-0.3, -0.25) is 9.59 Å². The molecule has 6 heteroatoms. The third-order valence-electron chi connectivity index (χ3n) is 4.49. The van der Waals surface area contributed by atoms with Crippen molar-refractivity contribution in [2.45, 2.75) is 6.42 Å². The molecule has 0 aliphatic carbocycles. The minimum atomic E-state index is -0.256. The molecule has 5 nitrogen and oxygen atoms in total. The summed E-state index contributed by atoms with van der Waals surface area (Å²) in [5.74, 6) is -0.270. The largest absolute Gasteiger partial charge is 0.322 e. The molecule has 1 aliphatic heterocycles. The van der Waals surface area contributed by atoms with Crippen molar-refractivity contribution in [2.24, 2.45) is 0 Å². The highest BCUT2D eigenvalue weighted by atomic mass is 32.1. The van der Waals surface area contributed by atoms with Gasteiger partial charge in [-0.15, -0.1) is 11.3 Å². The second-order valence-corrected chi connectivity index (χ2v) is 7.12. The Morgan fingerprint density at radius 1 is 1.11 bits per heavy atom. The van der Waals surface area contributed by atoms with Gasteiger partial charge in [0.05, 0.1) is 16.5 Å². The van der Waals surface area contributed by atoms with Crippen molar-refractivity contribution >= 4 is 34.5 Å². The van der Waals surface area contributed by atoms with Crippen LogP contribution in [0.5, 0.6) is 0 Å². The van der Waals surface area contributed by atoms with Gasteiger partial charge in [0.25, 0.3) is 11.8 Å². The molecule has 0 atom stereocenters. The van der Waals surface area contributed by atoms with Crippen LogP contribution in [0.4, 0.5) is 11.4 Å². The lowest BCUT2D eigenvalue weighted by Gasteiger charge is -2.17. The predicted molar refractivity (Wildman–Crippen MR) is 105 cm³/mol. The summed E-state index contributed by atoms with van der Waals surface area (Å²) in [6, 6.07) is 17.8. The van der Waals surface area contributed by atoms with Crippen molar-refractivity contribution in [3.05, 3.63) is 81.5 Å². The maximum Gasteiger partial charge on any atom is 0.268 e. The summed E-state index contributed by atoms with van der Waals surface area (Å²) >= 11 is 1.42. The van der Waals surface area contributed by atoms with Crippen LogP contribution in [-0.4, -0.2) is 18.4 Å². The first-order valence-corrected chi connectivity index (χ1v) is 9.33. The predicted octanol–water partition coefficient (Wildman–Crippen LogP) is 4.07. The van der Waals surface area contributed by atoms with Gasteiger partial charge in [0.15, 0.2) is 0 Å². The van der Waals surface area contributed by atoms with Crippen molar-refractivity contribution in [2.75, 3.05) is 16.8 Å². The topological polar surface area (TPSA) is 73.2 Å². The SMILES string of the molecule is N#Cc1ccc(C(=O)Nc2ccc3c(c2)N(C(=O)c2cccs2)CC3)cc1. The van der Waals surface area contributed by atoms with E-state index in [2.05, 4.69) is 5.32 Å². The maximum atomic E-state index is 12.7. The average molecular weight is 373 g/mol.